The van der Waals surface area contributed by atoms with Gasteiger partial charge in [-0.15, -0.1) is 0 Å². The average molecular weight is 118 g/mol. The minimum absolute atomic E-state index is 0.105. The van der Waals surface area contributed by atoms with Gasteiger partial charge in [0.15, 0.2) is 0 Å². The van der Waals surface area contributed by atoms with E-state index in [0.717, 1.165) is 5.54 Å². The van der Waals surface area contributed by atoms with Crippen LogP contribution in [0.1, 0.15) is 13.8 Å². The van der Waals surface area contributed by atoms with Crippen LogP contribution in [-0.2, 0) is 0 Å². The van der Waals surface area contributed by atoms with Gasteiger partial charge in [0.2, 0.25) is 0 Å². The van der Waals surface area contributed by atoms with Gasteiger partial charge in [-0.3, -0.25) is 0 Å². The number of hydrogen-bond acceptors (Lipinski definition) is 0. The number of hydrogen-bond donors (Lipinski definition) is 0. The van der Waals surface area contributed by atoms with E-state index in [4.69, 9.17) is 0 Å². The third-order valence-corrected chi connectivity index (χ3v) is 8.00. The molecule has 0 aliphatic rings. The van der Waals surface area contributed by atoms with E-state index in [1.165, 1.54) is 9.76 Å². The molecule has 0 fully saturated rings. The van der Waals surface area contributed by atoms with Crippen molar-refractivity contribution in [3.05, 3.63) is 0 Å². The molecule has 0 aliphatic carbocycles. The first-order valence-corrected chi connectivity index (χ1v) is 9.08. The molecule has 0 nitrogen and oxygen atoms in total. The monoisotopic (exact) mass is 118 g/mol. The lowest BCUT2D eigenvalue weighted by Crippen LogP contribution is -2.10. The Hall–Kier alpha value is 0.434. The molecular formula is C4H14Si2. The Kier molecular flexibility index (Phi) is 2.77. The van der Waals surface area contributed by atoms with Crippen molar-refractivity contribution in [3.63, 3.8) is 0 Å². The van der Waals surface area contributed by atoms with Gasteiger partial charge in [-0.05, 0) is 9.76 Å². The summed E-state index contributed by atoms with van der Waals surface area (Å²) in [5.41, 5.74) is 1.05. The molecule has 6 heavy (non-hydrogen) atoms. The lowest BCUT2D eigenvalue weighted by molar-refractivity contribution is 1.06. The second-order valence-electron chi connectivity index (χ2n) is 2.49. The van der Waals surface area contributed by atoms with E-state index in [0.29, 0.717) is 0 Å². The minimum Gasteiger partial charge on any atom is -0.0744 e. The highest BCUT2D eigenvalue weighted by atomic mass is 29.1. The lowest BCUT2D eigenvalue weighted by atomic mass is 10.6. The molecule has 38 valence electrons. The van der Waals surface area contributed by atoms with Crippen molar-refractivity contribution in [1.29, 1.82) is 0 Å². The second kappa shape index (κ2) is 2.58. The molecule has 0 aliphatic heterocycles. The van der Waals surface area contributed by atoms with E-state index in [2.05, 4.69) is 20.4 Å². The molecule has 0 saturated heterocycles. The molecule has 0 aromatic rings. The highest BCUT2D eigenvalue weighted by Gasteiger charge is 1.97. The largest absolute Gasteiger partial charge is 0.0744 e. The Morgan fingerprint density at radius 3 is 1.67 bits per heavy atom. The highest BCUT2D eigenvalue weighted by Crippen LogP contribution is 2.00. The summed E-state index contributed by atoms with van der Waals surface area (Å²) in [5, 5.41) is 0. The maximum Gasteiger partial charge on any atom is 0.0198 e. The van der Waals surface area contributed by atoms with Crippen LogP contribution in [0.4, 0.5) is 0 Å². The van der Waals surface area contributed by atoms with Gasteiger partial charge < -0.3 is 0 Å². The maximum atomic E-state index is 2.44. The van der Waals surface area contributed by atoms with Gasteiger partial charge in [-0.25, -0.2) is 0 Å². The molecule has 0 aromatic heterocycles. The van der Waals surface area contributed by atoms with Crippen LogP contribution in [0.2, 0.25) is 12.1 Å². The molecule has 1 unspecified atom stereocenters. The molecule has 0 saturated carbocycles. The van der Waals surface area contributed by atoms with Gasteiger partial charge in [-0.2, -0.15) is 0 Å². The summed E-state index contributed by atoms with van der Waals surface area (Å²) >= 11 is 0. The standard InChI is InChI=1S/C4H14Si2/c1-4(2)6(3)5/h4,6H,1-3,5H3. The fourth-order valence-corrected chi connectivity index (χ4v) is 0. The molecule has 0 N–H and O–H groups in total. The van der Waals surface area contributed by atoms with Crippen LogP contribution in [-0.4, -0.2) is 18.1 Å². The third-order valence-electron chi connectivity index (χ3n) is 1.33. The van der Waals surface area contributed by atoms with Gasteiger partial charge in [0.1, 0.15) is 0 Å². The lowest BCUT2D eigenvalue weighted by Gasteiger charge is -2.03. The van der Waals surface area contributed by atoms with Crippen molar-refractivity contribution < 1.29 is 0 Å². The quantitative estimate of drug-likeness (QED) is 0.429. The zero-order chi connectivity index (χ0) is 5.15. The second-order valence-corrected chi connectivity index (χ2v) is 11.8. The van der Waals surface area contributed by atoms with Gasteiger partial charge in [0.25, 0.3) is 0 Å². The summed E-state index contributed by atoms with van der Waals surface area (Å²) in [6, 6.07) is 0. The van der Waals surface area contributed by atoms with Crippen LogP contribution in [0.3, 0.4) is 0 Å². The number of rotatable bonds is 1. The van der Waals surface area contributed by atoms with E-state index in [9.17, 15) is 0 Å². The fraction of sp³-hybridized carbons (Fsp3) is 1.00. The first kappa shape index (κ1) is 6.43. The Morgan fingerprint density at radius 1 is 1.50 bits per heavy atom. The van der Waals surface area contributed by atoms with Crippen LogP contribution in [0.5, 0.6) is 0 Å². The van der Waals surface area contributed by atoms with Crippen molar-refractivity contribution in [2.75, 3.05) is 0 Å². The summed E-state index contributed by atoms with van der Waals surface area (Å²) in [7, 11) is 1.39. The normalized spacial score (nSPS) is 16.0. The smallest absolute Gasteiger partial charge is 0.0198 e. The predicted molar refractivity (Wildman–Crippen MR) is 38.0 cm³/mol. The molecule has 0 bridgehead atoms. The molecule has 0 aromatic carbocycles. The zero-order valence-corrected chi connectivity index (χ0v) is 8.31. The summed E-state index contributed by atoms with van der Waals surface area (Å²) in [6.45, 7) is 7.12. The van der Waals surface area contributed by atoms with Gasteiger partial charge in [-0.1, -0.05) is 25.9 Å². The van der Waals surface area contributed by atoms with Crippen molar-refractivity contribution in [2.45, 2.75) is 25.9 Å². The van der Waals surface area contributed by atoms with Crippen molar-refractivity contribution in [3.8, 4) is 0 Å². The Balaban J connectivity index is 2.99. The summed E-state index contributed by atoms with van der Waals surface area (Å²) < 4.78 is 0. The van der Waals surface area contributed by atoms with E-state index in [1.54, 1.807) is 0 Å². The van der Waals surface area contributed by atoms with Crippen LogP contribution in [0.25, 0.3) is 0 Å². The summed E-state index contributed by atoms with van der Waals surface area (Å²) in [5.74, 6) is 0. The fourth-order valence-electron chi connectivity index (χ4n) is 0. The SMILES string of the molecule is CC(C)[SiH](C)[SiH3]. The first-order chi connectivity index (χ1) is 2.64. The first-order valence-electron chi connectivity index (χ1n) is 2.64. The molecule has 0 rings (SSSR count). The van der Waals surface area contributed by atoms with Gasteiger partial charge >= 0.3 is 0 Å². The highest BCUT2D eigenvalue weighted by molar-refractivity contribution is 7.03. The molecule has 1 atom stereocenters. The Labute approximate surface area is 44.8 Å². The van der Waals surface area contributed by atoms with E-state index >= 15 is 0 Å². The summed E-state index contributed by atoms with van der Waals surface area (Å²) in [6.07, 6.45) is 0. The van der Waals surface area contributed by atoms with Crippen LogP contribution < -0.4 is 0 Å². The van der Waals surface area contributed by atoms with Crippen LogP contribution >= 0.6 is 0 Å². The zero-order valence-electron chi connectivity index (χ0n) is 5.15. The predicted octanol–water partition coefficient (Wildman–Crippen LogP) is 0.115. The average Bonchev–Trinajstić information content (AvgIpc) is 1.36. The van der Waals surface area contributed by atoms with Gasteiger partial charge in [0, 0.05) is 8.31 Å². The molecule has 0 spiro atoms. The van der Waals surface area contributed by atoms with E-state index < -0.39 is 0 Å². The van der Waals surface area contributed by atoms with Crippen LogP contribution in [0.15, 0.2) is 0 Å². The van der Waals surface area contributed by atoms with E-state index in [1.807, 2.05) is 0 Å². The minimum atomic E-state index is -0.105. The summed E-state index contributed by atoms with van der Waals surface area (Å²) in [4.78, 5) is 0. The maximum absolute atomic E-state index is 2.44. The Morgan fingerprint density at radius 2 is 1.67 bits per heavy atom. The molecule has 0 amide bonds. The van der Waals surface area contributed by atoms with Crippen LogP contribution in [0, 0.1) is 0 Å². The van der Waals surface area contributed by atoms with Gasteiger partial charge in [0.05, 0.1) is 0 Å². The molecule has 2 heteroatoms. The molecular weight excluding hydrogens is 104 g/mol. The Bertz CT molecular complexity index is 26.5. The molecule has 0 radical (unpaired) electrons. The van der Waals surface area contributed by atoms with Crippen molar-refractivity contribution >= 4 is 18.1 Å². The van der Waals surface area contributed by atoms with Crippen molar-refractivity contribution in [1.82, 2.24) is 0 Å². The molecule has 0 heterocycles. The van der Waals surface area contributed by atoms with E-state index in [-0.39, 0.29) is 8.31 Å². The third kappa shape index (κ3) is 2.66. The topological polar surface area (TPSA) is 0 Å². The van der Waals surface area contributed by atoms with Crippen molar-refractivity contribution in [2.24, 2.45) is 0 Å².